The van der Waals surface area contributed by atoms with E-state index in [2.05, 4.69) is 62.4 Å². The van der Waals surface area contributed by atoms with E-state index in [4.69, 9.17) is 0 Å². The Morgan fingerprint density at radius 3 is 2.60 bits per heavy atom. The summed E-state index contributed by atoms with van der Waals surface area (Å²) in [7, 11) is 1.85. The van der Waals surface area contributed by atoms with Crippen LogP contribution in [0, 0.1) is 13.8 Å². The number of fused-ring (bicyclic) bond motifs is 1. The van der Waals surface area contributed by atoms with E-state index in [9.17, 15) is 0 Å². The quantitative estimate of drug-likeness (QED) is 0.327. The number of hydrogen-bond donors (Lipinski definition) is 1. The third kappa shape index (κ3) is 4.69. The van der Waals surface area contributed by atoms with Crippen LogP contribution in [-0.4, -0.2) is 65.2 Å². The fourth-order valence-electron chi connectivity index (χ4n) is 3.92. The van der Waals surface area contributed by atoms with E-state index in [1.54, 1.807) is 0 Å². The molecule has 1 saturated heterocycles. The van der Waals surface area contributed by atoms with Crippen molar-refractivity contribution < 1.29 is 0 Å². The van der Waals surface area contributed by atoms with Gasteiger partial charge in [-0.1, -0.05) is 18.2 Å². The van der Waals surface area contributed by atoms with E-state index in [1.165, 1.54) is 16.8 Å². The van der Waals surface area contributed by atoms with Gasteiger partial charge in [0, 0.05) is 58.1 Å². The monoisotopic (exact) mass is 519 g/mol. The largest absolute Gasteiger partial charge is 0.368 e. The second-order valence-electron chi connectivity index (χ2n) is 7.46. The van der Waals surface area contributed by atoms with Crippen molar-refractivity contribution in [3.05, 3.63) is 59.5 Å². The van der Waals surface area contributed by atoms with Crippen LogP contribution in [0.5, 0.6) is 0 Å². The van der Waals surface area contributed by atoms with Crippen LogP contribution < -0.4 is 10.2 Å². The van der Waals surface area contributed by atoms with E-state index >= 15 is 0 Å². The van der Waals surface area contributed by atoms with Crippen molar-refractivity contribution in [3.63, 3.8) is 0 Å². The molecule has 0 amide bonds. The highest BCUT2D eigenvalue weighted by Gasteiger charge is 2.21. The minimum absolute atomic E-state index is 0. The molecule has 30 heavy (non-hydrogen) atoms. The Hall–Kier alpha value is -2.36. The Kier molecular flexibility index (Phi) is 7.52. The van der Waals surface area contributed by atoms with Gasteiger partial charge in [-0.15, -0.1) is 34.2 Å². The zero-order chi connectivity index (χ0) is 20.2. The minimum atomic E-state index is 0. The van der Waals surface area contributed by atoms with Gasteiger partial charge in [-0.25, -0.2) is 0 Å². The first kappa shape index (κ1) is 22.3. The number of piperazine rings is 1. The maximum Gasteiger partial charge on any atom is 0.193 e. The third-order valence-corrected chi connectivity index (χ3v) is 5.72. The summed E-state index contributed by atoms with van der Waals surface area (Å²) in [5, 5.41) is 12.0. The molecule has 0 bridgehead atoms. The maximum absolute atomic E-state index is 4.49. The van der Waals surface area contributed by atoms with Crippen molar-refractivity contribution >= 4 is 41.3 Å². The third-order valence-electron chi connectivity index (χ3n) is 5.72. The van der Waals surface area contributed by atoms with Crippen LogP contribution in [0.25, 0.3) is 5.65 Å². The van der Waals surface area contributed by atoms with Gasteiger partial charge in [-0.3, -0.25) is 9.39 Å². The summed E-state index contributed by atoms with van der Waals surface area (Å²) in [6.45, 7) is 9.09. The standard InChI is InChI=1S/C22H29N7.HI/c1-17-7-6-8-19(18(17)2)27-13-15-28(16-14-27)22(23-3)24-11-10-21-26-25-20-9-4-5-12-29(20)21;/h4-9,12H,10-11,13-16H2,1-3H3,(H,23,24);1H. The smallest absolute Gasteiger partial charge is 0.193 e. The lowest BCUT2D eigenvalue weighted by Gasteiger charge is -2.38. The molecule has 3 aromatic rings. The lowest BCUT2D eigenvalue weighted by atomic mass is 10.1. The van der Waals surface area contributed by atoms with E-state index in [1.807, 2.05) is 35.8 Å². The lowest BCUT2D eigenvalue weighted by Crippen LogP contribution is -2.53. The topological polar surface area (TPSA) is 61.1 Å². The molecular weight excluding hydrogens is 489 g/mol. The molecular formula is C22H30IN7. The highest BCUT2D eigenvalue weighted by atomic mass is 127. The zero-order valence-corrected chi connectivity index (χ0v) is 20.2. The van der Waals surface area contributed by atoms with Gasteiger partial charge in [-0.2, -0.15) is 0 Å². The van der Waals surface area contributed by atoms with Crippen LogP contribution in [0.4, 0.5) is 5.69 Å². The van der Waals surface area contributed by atoms with Gasteiger partial charge in [0.25, 0.3) is 0 Å². The molecule has 1 fully saturated rings. The van der Waals surface area contributed by atoms with E-state index in [-0.39, 0.29) is 24.0 Å². The number of pyridine rings is 1. The van der Waals surface area contributed by atoms with Gasteiger partial charge >= 0.3 is 0 Å². The Bertz CT molecular complexity index is 1010. The number of guanidine groups is 1. The lowest BCUT2D eigenvalue weighted by molar-refractivity contribution is 0.372. The van der Waals surface area contributed by atoms with Crippen molar-refractivity contribution in [3.8, 4) is 0 Å². The number of aryl methyl sites for hydroxylation is 1. The average molecular weight is 519 g/mol. The molecule has 0 saturated carbocycles. The molecule has 3 heterocycles. The van der Waals surface area contributed by atoms with Gasteiger partial charge in [0.2, 0.25) is 0 Å². The molecule has 1 aliphatic rings. The van der Waals surface area contributed by atoms with Crippen molar-refractivity contribution in [1.29, 1.82) is 0 Å². The summed E-state index contributed by atoms with van der Waals surface area (Å²) in [4.78, 5) is 9.31. The van der Waals surface area contributed by atoms with E-state index in [0.717, 1.165) is 56.6 Å². The van der Waals surface area contributed by atoms with Crippen LogP contribution in [0.2, 0.25) is 0 Å². The zero-order valence-electron chi connectivity index (χ0n) is 17.9. The molecule has 7 nitrogen and oxygen atoms in total. The van der Waals surface area contributed by atoms with Crippen LogP contribution in [0.15, 0.2) is 47.6 Å². The normalized spacial score (nSPS) is 14.7. The first-order valence-electron chi connectivity index (χ1n) is 10.2. The predicted octanol–water partition coefficient (Wildman–Crippen LogP) is 2.90. The maximum atomic E-state index is 4.49. The second-order valence-corrected chi connectivity index (χ2v) is 7.46. The number of rotatable bonds is 4. The van der Waals surface area contributed by atoms with Crippen LogP contribution in [0.3, 0.4) is 0 Å². The fraction of sp³-hybridized carbons (Fsp3) is 0.409. The molecule has 0 unspecified atom stereocenters. The predicted molar refractivity (Wildman–Crippen MR) is 133 cm³/mol. The highest BCUT2D eigenvalue weighted by molar-refractivity contribution is 14.0. The Morgan fingerprint density at radius 2 is 1.83 bits per heavy atom. The number of benzene rings is 1. The molecule has 8 heteroatoms. The molecule has 0 atom stereocenters. The van der Waals surface area contributed by atoms with E-state index < -0.39 is 0 Å². The first-order chi connectivity index (χ1) is 14.2. The number of halogens is 1. The number of nitrogens with one attached hydrogen (secondary N) is 1. The van der Waals surface area contributed by atoms with Crippen molar-refractivity contribution in [2.24, 2.45) is 4.99 Å². The first-order valence-corrected chi connectivity index (χ1v) is 10.2. The summed E-state index contributed by atoms with van der Waals surface area (Å²) in [5.74, 6) is 1.92. The van der Waals surface area contributed by atoms with Crippen LogP contribution in [-0.2, 0) is 6.42 Å². The van der Waals surface area contributed by atoms with Gasteiger partial charge in [0.1, 0.15) is 5.82 Å². The second kappa shape index (κ2) is 10.1. The van der Waals surface area contributed by atoms with E-state index in [0.29, 0.717) is 0 Å². The summed E-state index contributed by atoms with van der Waals surface area (Å²) in [5.41, 5.74) is 4.97. The number of aliphatic imine (C=N–C) groups is 1. The number of nitrogens with zero attached hydrogens (tertiary/aromatic N) is 6. The highest BCUT2D eigenvalue weighted by Crippen LogP contribution is 2.23. The van der Waals surface area contributed by atoms with Crippen molar-refractivity contribution in [1.82, 2.24) is 24.8 Å². The Morgan fingerprint density at radius 1 is 1.03 bits per heavy atom. The fourth-order valence-corrected chi connectivity index (χ4v) is 3.92. The summed E-state index contributed by atoms with van der Waals surface area (Å²) < 4.78 is 2.04. The number of hydrogen-bond acceptors (Lipinski definition) is 4. The molecule has 160 valence electrons. The number of aromatic nitrogens is 3. The summed E-state index contributed by atoms with van der Waals surface area (Å²) >= 11 is 0. The van der Waals surface area contributed by atoms with Crippen molar-refractivity contribution in [2.45, 2.75) is 20.3 Å². The summed E-state index contributed by atoms with van der Waals surface area (Å²) in [6, 6.07) is 12.5. The van der Waals surface area contributed by atoms with Crippen LogP contribution in [0.1, 0.15) is 17.0 Å². The Labute approximate surface area is 195 Å². The minimum Gasteiger partial charge on any atom is -0.368 e. The SMILES string of the molecule is CN=C(NCCc1nnc2ccccn12)N1CCN(c2cccc(C)c2C)CC1.I. The van der Waals surface area contributed by atoms with Crippen LogP contribution >= 0.6 is 24.0 Å². The molecule has 1 aliphatic heterocycles. The van der Waals surface area contributed by atoms with Gasteiger partial charge < -0.3 is 15.1 Å². The molecule has 0 spiro atoms. The molecule has 0 aliphatic carbocycles. The van der Waals surface area contributed by atoms with Gasteiger partial charge in [0.15, 0.2) is 11.6 Å². The molecule has 1 N–H and O–H groups in total. The molecule has 2 aromatic heterocycles. The van der Waals surface area contributed by atoms with Gasteiger partial charge in [-0.05, 0) is 43.2 Å². The molecule has 1 aromatic carbocycles. The summed E-state index contributed by atoms with van der Waals surface area (Å²) in [6.07, 6.45) is 2.80. The molecule has 0 radical (unpaired) electrons. The van der Waals surface area contributed by atoms with Crippen molar-refractivity contribution in [2.75, 3.05) is 44.7 Å². The van der Waals surface area contributed by atoms with Gasteiger partial charge in [0.05, 0.1) is 0 Å². The Balaban J connectivity index is 0.00000256. The average Bonchev–Trinajstić information content (AvgIpc) is 3.17. The number of anilines is 1. The molecule has 4 rings (SSSR count).